The minimum absolute atomic E-state index is 0.975. The van der Waals surface area contributed by atoms with Crippen LogP contribution in [0, 0.1) is 23.7 Å². The average Bonchev–Trinajstić information content (AvgIpc) is 2.65. The number of hydrogen-bond acceptors (Lipinski definition) is 0. The molecule has 0 heterocycles. The van der Waals surface area contributed by atoms with E-state index < -0.39 is 0 Å². The largest absolute Gasteiger partial charge is 0.0683 e. The van der Waals surface area contributed by atoms with E-state index in [4.69, 9.17) is 0 Å². The van der Waals surface area contributed by atoms with Gasteiger partial charge in [0.05, 0.1) is 0 Å². The molecule has 0 heteroatoms. The molecule has 23 heavy (non-hydrogen) atoms. The van der Waals surface area contributed by atoms with Crippen LogP contribution in [0.2, 0.25) is 0 Å². The third kappa shape index (κ3) is 13.0. The van der Waals surface area contributed by atoms with Crippen molar-refractivity contribution in [2.75, 3.05) is 0 Å². The molecule has 0 radical (unpaired) electrons. The van der Waals surface area contributed by atoms with Crippen molar-refractivity contribution >= 4 is 0 Å². The monoisotopic (exact) mass is 326 g/mol. The molecule has 0 aromatic carbocycles. The zero-order chi connectivity index (χ0) is 18.1. The van der Waals surface area contributed by atoms with E-state index in [-0.39, 0.29) is 0 Å². The zero-order valence-corrected chi connectivity index (χ0v) is 18.1. The molecule has 0 aliphatic heterocycles. The van der Waals surface area contributed by atoms with Crippen molar-refractivity contribution in [2.24, 2.45) is 23.7 Å². The molecule has 1 unspecified atom stereocenters. The van der Waals surface area contributed by atoms with Gasteiger partial charge in [0.2, 0.25) is 0 Å². The second-order valence-electron chi connectivity index (χ2n) is 7.32. The predicted octanol–water partition coefficient (Wildman–Crippen LogP) is 8.89. The van der Waals surface area contributed by atoms with E-state index in [1.54, 1.807) is 0 Å². The van der Waals surface area contributed by atoms with Gasteiger partial charge in [0.25, 0.3) is 0 Å². The average molecular weight is 327 g/mol. The normalized spacial score (nSPS) is 25.6. The molecule has 2 fully saturated rings. The first-order valence-corrected chi connectivity index (χ1v) is 11.2. The molecule has 2 rings (SSSR count). The van der Waals surface area contributed by atoms with Crippen LogP contribution in [0.25, 0.3) is 0 Å². The molecular formula is C23H50. The Balaban J connectivity index is 0. The number of rotatable bonds is 3. The summed E-state index contributed by atoms with van der Waals surface area (Å²) in [6.07, 6.45) is 16.2. The number of hydrogen-bond donors (Lipinski definition) is 0. The van der Waals surface area contributed by atoms with Crippen LogP contribution < -0.4 is 0 Å². The van der Waals surface area contributed by atoms with Crippen LogP contribution in [0.1, 0.15) is 126 Å². The molecule has 2 aliphatic rings. The van der Waals surface area contributed by atoms with Gasteiger partial charge in [-0.25, -0.2) is 0 Å². The topological polar surface area (TPSA) is 0 Å². The highest BCUT2D eigenvalue weighted by molar-refractivity contribution is 4.74. The maximum absolute atomic E-state index is 2.43. The molecule has 0 aromatic heterocycles. The van der Waals surface area contributed by atoms with Gasteiger partial charge in [-0.1, -0.05) is 113 Å². The third-order valence-electron chi connectivity index (χ3n) is 5.81. The van der Waals surface area contributed by atoms with Crippen LogP contribution in [0.5, 0.6) is 0 Å². The van der Waals surface area contributed by atoms with Crippen molar-refractivity contribution in [1.82, 2.24) is 0 Å². The Bertz CT molecular complexity index is 194. The standard InChI is InChI=1S/C12H24.C7H14.2C2H6/c1-4-10(3)12-8-6-11(5-2)7-9-12;1-7-5-3-2-4-6-7;2*1-2/h10-12H,4-9H2,1-3H3;7H,2-6H2,1H3;2*1-2H3. The Morgan fingerprint density at radius 3 is 1.52 bits per heavy atom. The lowest BCUT2D eigenvalue weighted by atomic mass is 9.75. The molecule has 1 atom stereocenters. The molecule has 0 bridgehead atoms. The first kappa shape index (κ1) is 25.2. The van der Waals surface area contributed by atoms with Gasteiger partial charge in [-0.2, -0.15) is 0 Å². The minimum atomic E-state index is 0.975. The van der Waals surface area contributed by atoms with E-state index >= 15 is 0 Å². The fraction of sp³-hybridized carbons (Fsp3) is 1.00. The molecule has 2 aliphatic carbocycles. The van der Waals surface area contributed by atoms with E-state index in [2.05, 4.69) is 27.7 Å². The van der Waals surface area contributed by atoms with E-state index in [0.717, 1.165) is 23.7 Å². The van der Waals surface area contributed by atoms with Gasteiger partial charge in [0.15, 0.2) is 0 Å². The van der Waals surface area contributed by atoms with E-state index in [1.807, 2.05) is 27.7 Å². The molecule has 0 nitrogen and oxygen atoms in total. The SMILES string of the molecule is CC.CC.CC1CCCCC1.CCC1CCC(C(C)CC)CC1. The molecule has 142 valence electrons. The van der Waals surface area contributed by atoms with Gasteiger partial charge in [-0.15, -0.1) is 0 Å². The molecule has 0 spiro atoms. The Labute approximate surface area is 150 Å². The van der Waals surface area contributed by atoms with Crippen LogP contribution in [0.4, 0.5) is 0 Å². The quantitative estimate of drug-likeness (QED) is 0.485. The first-order valence-electron chi connectivity index (χ1n) is 11.2. The van der Waals surface area contributed by atoms with Crippen LogP contribution in [-0.4, -0.2) is 0 Å². The summed E-state index contributed by atoms with van der Waals surface area (Å²) in [6, 6.07) is 0. The minimum Gasteiger partial charge on any atom is -0.0683 e. The maximum atomic E-state index is 2.43. The van der Waals surface area contributed by atoms with E-state index in [0.29, 0.717) is 0 Å². The Morgan fingerprint density at radius 2 is 1.22 bits per heavy atom. The van der Waals surface area contributed by atoms with Crippen molar-refractivity contribution in [3.05, 3.63) is 0 Å². The first-order chi connectivity index (χ1) is 11.2. The van der Waals surface area contributed by atoms with Gasteiger partial charge in [0, 0.05) is 0 Å². The third-order valence-corrected chi connectivity index (χ3v) is 5.81. The summed E-state index contributed by atoms with van der Waals surface area (Å²) in [4.78, 5) is 0. The highest BCUT2D eigenvalue weighted by Gasteiger charge is 2.22. The van der Waals surface area contributed by atoms with Crippen LogP contribution in [0.15, 0.2) is 0 Å². The highest BCUT2D eigenvalue weighted by Crippen LogP contribution is 2.35. The van der Waals surface area contributed by atoms with Gasteiger partial charge in [-0.3, -0.25) is 0 Å². The van der Waals surface area contributed by atoms with Crippen molar-refractivity contribution in [1.29, 1.82) is 0 Å². The van der Waals surface area contributed by atoms with Crippen molar-refractivity contribution in [3.8, 4) is 0 Å². The highest BCUT2D eigenvalue weighted by atomic mass is 14.3. The molecular weight excluding hydrogens is 276 g/mol. The van der Waals surface area contributed by atoms with Crippen molar-refractivity contribution in [3.63, 3.8) is 0 Å². The second-order valence-corrected chi connectivity index (χ2v) is 7.32. The van der Waals surface area contributed by atoms with Crippen molar-refractivity contribution in [2.45, 2.75) is 126 Å². The van der Waals surface area contributed by atoms with Gasteiger partial charge < -0.3 is 0 Å². The summed E-state index contributed by atoms with van der Waals surface area (Å²) in [5, 5.41) is 0. The second kappa shape index (κ2) is 18.3. The summed E-state index contributed by atoms with van der Waals surface area (Å²) in [6.45, 7) is 17.5. The van der Waals surface area contributed by atoms with Crippen LogP contribution in [-0.2, 0) is 0 Å². The maximum Gasteiger partial charge on any atom is -0.0388 e. The van der Waals surface area contributed by atoms with Crippen LogP contribution >= 0.6 is 0 Å². The fourth-order valence-electron chi connectivity index (χ4n) is 3.81. The molecule has 2 saturated carbocycles. The Hall–Kier alpha value is 0. The van der Waals surface area contributed by atoms with Gasteiger partial charge >= 0.3 is 0 Å². The van der Waals surface area contributed by atoms with Crippen molar-refractivity contribution < 1.29 is 0 Å². The zero-order valence-electron chi connectivity index (χ0n) is 18.1. The summed E-state index contributed by atoms with van der Waals surface area (Å²) in [5.74, 6) is 4.12. The van der Waals surface area contributed by atoms with Gasteiger partial charge in [-0.05, 0) is 36.5 Å². The van der Waals surface area contributed by atoms with Gasteiger partial charge in [0.1, 0.15) is 0 Å². The lowest BCUT2D eigenvalue weighted by Crippen LogP contribution is -2.19. The lowest BCUT2D eigenvalue weighted by Gasteiger charge is -2.31. The molecule has 0 aromatic rings. The predicted molar refractivity (Wildman–Crippen MR) is 110 cm³/mol. The molecule has 0 N–H and O–H groups in total. The summed E-state index contributed by atoms with van der Waals surface area (Å²) < 4.78 is 0. The smallest absolute Gasteiger partial charge is 0.0388 e. The summed E-state index contributed by atoms with van der Waals surface area (Å²) in [5.41, 5.74) is 0. The lowest BCUT2D eigenvalue weighted by molar-refractivity contribution is 0.207. The fourth-order valence-corrected chi connectivity index (χ4v) is 3.81. The molecule has 0 amide bonds. The summed E-state index contributed by atoms with van der Waals surface area (Å²) in [7, 11) is 0. The molecule has 0 saturated heterocycles. The Morgan fingerprint density at radius 1 is 0.739 bits per heavy atom. The van der Waals surface area contributed by atoms with Crippen LogP contribution in [0.3, 0.4) is 0 Å². The van der Waals surface area contributed by atoms with E-state index in [9.17, 15) is 0 Å². The van der Waals surface area contributed by atoms with E-state index in [1.165, 1.54) is 70.6 Å². The summed E-state index contributed by atoms with van der Waals surface area (Å²) >= 11 is 0. The Kier molecular flexibility index (Phi) is 20.1.